The molecule has 1 saturated heterocycles. The molecule has 1 atom stereocenters. The third kappa shape index (κ3) is 2.44. The molecule has 0 radical (unpaired) electrons. The summed E-state index contributed by atoms with van der Waals surface area (Å²) < 4.78 is 5.65. The second-order valence-electron chi connectivity index (χ2n) is 6.38. The number of benzene rings is 3. The Labute approximate surface area is 142 Å². The van der Waals surface area contributed by atoms with E-state index in [9.17, 15) is 5.11 Å². The first kappa shape index (κ1) is 15.1. The molecule has 0 spiro atoms. The van der Waals surface area contributed by atoms with Crippen molar-refractivity contribution in [3.05, 3.63) is 89.5 Å². The van der Waals surface area contributed by atoms with Gasteiger partial charge >= 0.3 is 0 Å². The summed E-state index contributed by atoms with van der Waals surface area (Å²) in [6, 6.07) is 24.5. The Bertz CT molecular complexity index is 911. The quantitative estimate of drug-likeness (QED) is 0.752. The number of aliphatic hydroxyl groups is 1. The number of allylic oxidation sites excluding steroid dienone is 1. The Morgan fingerprint density at radius 2 is 1.62 bits per heavy atom. The van der Waals surface area contributed by atoms with E-state index in [-0.39, 0.29) is 0 Å². The molecule has 1 aliphatic rings. The van der Waals surface area contributed by atoms with E-state index in [1.165, 1.54) is 10.8 Å². The van der Waals surface area contributed by atoms with Gasteiger partial charge in [0, 0.05) is 0 Å². The lowest BCUT2D eigenvalue weighted by Crippen LogP contribution is -2.28. The number of hydrogen-bond donors (Lipinski definition) is 1. The van der Waals surface area contributed by atoms with Gasteiger partial charge in [-0.1, -0.05) is 66.7 Å². The van der Waals surface area contributed by atoms with E-state index in [1.54, 1.807) is 0 Å². The maximum atomic E-state index is 11.3. The Hall–Kier alpha value is -2.42. The first-order valence-electron chi connectivity index (χ1n) is 8.23. The number of hydrogen-bond acceptors (Lipinski definition) is 2. The molecule has 0 aromatic heterocycles. The standard InChI is InChI=1S/C22H20O2/c1-16(18-12-11-17-7-5-6-8-19(17)13-18)21-14-24-15-22(21,23)20-9-3-2-4-10-20/h2-13,23H,14-15H2,1H3/b21-16-/t22-/m0/s1. The second-order valence-corrected chi connectivity index (χ2v) is 6.38. The minimum Gasteiger partial charge on any atom is -0.378 e. The van der Waals surface area contributed by atoms with E-state index in [2.05, 4.69) is 37.3 Å². The maximum Gasteiger partial charge on any atom is 0.137 e. The van der Waals surface area contributed by atoms with Crippen molar-refractivity contribution < 1.29 is 9.84 Å². The van der Waals surface area contributed by atoms with E-state index < -0.39 is 5.60 Å². The largest absolute Gasteiger partial charge is 0.378 e. The molecule has 1 heterocycles. The van der Waals surface area contributed by atoms with E-state index in [1.807, 2.05) is 42.5 Å². The summed E-state index contributed by atoms with van der Waals surface area (Å²) in [6.07, 6.45) is 0. The zero-order chi connectivity index (χ0) is 16.6. The highest BCUT2D eigenvalue weighted by molar-refractivity contribution is 5.86. The monoisotopic (exact) mass is 316 g/mol. The van der Waals surface area contributed by atoms with Gasteiger partial charge in [-0.05, 0) is 46.0 Å². The van der Waals surface area contributed by atoms with Crippen molar-refractivity contribution in [3.63, 3.8) is 0 Å². The van der Waals surface area contributed by atoms with Crippen LogP contribution in [0.25, 0.3) is 16.3 Å². The van der Waals surface area contributed by atoms with Crippen molar-refractivity contribution >= 4 is 16.3 Å². The molecule has 24 heavy (non-hydrogen) atoms. The van der Waals surface area contributed by atoms with Gasteiger partial charge in [0.2, 0.25) is 0 Å². The summed E-state index contributed by atoms with van der Waals surface area (Å²) >= 11 is 0. The molecule has 2 nitrogen and oxygen atoms in total. The van der Waals surface area contributed by atoms with Gasteiger partial charge in [-0.2, -0.15) is 0 Å². The summed E-state index contributed by atoms with van der Waals surface area (Å²) in [6.45, 7) is 2.84. The predicted molar refractivity (Wildman–Crippen MR) is 97.7 cm³/mol. The molecule has 3 aromatic carbocycles. The molecular formula is C22H20O2. The summed E-state index contributed by atoms with van der Waals surface area (Å²) in [5.41, 5.74) is 3.01. The molecule has 1 N–H and O–H groups in total. The van der Waals surface area contributed by atoms with Crippen molar-refractivity contribution in [2.24, 2.45) is 0 Å². The van der Waals surface area contributed by atoms with Crippen molar-refractivity contribution in [2.75, 3.05) is 13.2 Å². The van der Waals surface area contributed by atoms with Crippen molar-refractivity contribution in [3.8, 4) is 0 Å². The van der Waals surface area contributed by atoms with Gasteiger partial charge in [0.05, 0.1) is 13.2 Å². The van der Waals surface area contributed by atoms with E-state index >= 15 is 0 Å². The lowest BCUT2D eigenvalue weighted by molar-refractivity contribution is 0.0401. The summed E-state index contributed by atoms with van der Waals surface area (Å²) in [5, 5.41) is 13.7. The zero-order valence-corrected chi connectivity index (χ0v) is 13.7. The van der Waals surface area contributed by atoms with Gasteiger partial charge in [0.1, 0.15) is 5.60 Å². The molecule has 1 aliphatic heterocycles. The van der Waals surface area contributed by atoms with Crippen LogP contribution in [0.3, 0.4) is 0 Å². The van der Waals surface area contributed by atoms with Crippen LogP contribution >= 0.6 is 0 Å². The third-order valence-electron chi connectivity index (χ3n) is 4.94. The average Bonchev–Trinajstić information content (AvgIpc) is 3.04. The van der Waals surface area contributed by atoms with Crippen LogP contribution in [0.15, 0.2) is 78.4 Å². The molecule has 0 saturated carbocycles. The lowest BCUT2D eigenvalue weighted by Gasteiger charge is -2.25. The van der Waals surface area contributed by atoms with Crippen LogP contribution in [0.1, 0.15) is 18.1 Å². The SMILES string of the molecule is C/C(=C1\COC[C@]1(O)c1ccccc1)c1ccc2ccccc2c1. The molecule has 4 rings (SSSR count). The van der Waals surface area contributed by atoms with Crippen LogP contribution in [0.5, 0.6) is 0 Å². The fourth-order valence-corrected chi connectivity index (χ4v) is 3.49. The van der Waals surface area contributed by atoms with Crippen LogP contribution in [0.2, 0.25) is 0 Å². The van der Waals surface area contributed by atoms with Gasteiger partial charge in [0.25, 0.3) is 0 Å². The Kier molecular flexibility index (Phi) is 3.72. The first-order chi connectivity index (χ1) is 11.7. The van der Waals surface area contributed by atoms with Crippen LogP contribution in [0, 0.1) is 0 Å². The topological polar surface area (TPSA) is 29.5 Å². The molecule has 0 bridgehead atoms. The Morgan fingerprint density at radius 1 is 0.917 bits per heavy atom. The van der Waals surface area contributed by atoms with Gasteiger partial charge in [0.15, 0.2) is 0 Å². The normalized spacial score (nSPS) is 22.8. The summed E-state index contributed by atoms with van der Waals surface area (Å²) in [5.74, 6) is 0. The second kappa shape index (κ2) is 5.90. The number of fused-ring (bicyclic) bond motifs is 1. The molecule has 3 aromatic rings. The molecule has 0 aliphatic carbocycles. The molecule has 0 unspecified atom stereocenters. The third-order valence-corrected chi connectivity index (χ3v) is 4.94. The fraction of sp³-hybridized carbons (Fsp3) is 0.182. The van der Waals surface area contributed by atoms with Crippen molar-refractivity contribution in [1.82, 2.24) is 0 Å². The van der Waals surface area contributed by atoms with E-state index in [0.29, 0.717) is 13.2 Å². The lowest BCUT2D eigenvalue weighted by atomic mass is 9.84. The summed E-state index contributed by atoms with van der Waals surface area (Å²) in [7, 11) is 0. The fourth-order valence-electron chi connectivity index (χ4n) is 3.49. The minimum absolute atomic E-state index is 0.303. The molecule has 1 fully saturated rings. The minimum atomic E-state index is -1.04. The van der Waals surface area contributed by atoms with Crippen LogP contribution in [0.4, 0.5) is 0 Å². The Morgan fingerprint density at radius 3 is 2.42 bits per heavy atom. The number of rotatable bonds is 2. The molecule has 0 amide bonds. The highest BCUT2D eigenvalue weighted by atomic mass is 16.5. The molecular weight excluding hydrogens is 296 g/mol. The number of ether oxygens (including phenoxy) is 1. The maximum absolute atomic E-state index is 11.3. The van der Waals surface area contributed by atoms with E-state index in [0.717, 1.165) is 22.3 Å². The Balaban J connectivity index is 1.84. The highest BCUT2D eigenvalue weighted by Gasteiger charge is 2.40. The smallest absolute Gasteiger partial charge is 0.137 e. The van der Waals surface area contributed by atoms with Crippen LogP contribution < -0.4 is 0 Å². The molecule has 120 valence electrons. The van der Waals surface area contributed by atoms with Crippen molar-refractivity contribution in [1.29, 1.82) is 0 Å². The summed E-state index contributed by atoms with van der Waals surface area (Å²) in [4.78, 5) is 0. The van der Waals surface area contributed by atoms with Gasteiger partial charge in [-0.15, -0.1) is 0 Å². The van der Waals surface area contributed by atoms with Crippen LogP contribution in [-0.2, 0) is 10.3 Å². The first-order valence-corrected chi connectivity index (χ1v) is 8.23. The average molecular weight is 316 g/mol. The van der Waals surface area contributed by atoms with E-state index in [4.69, 9.17) is 4.74 Å². The van der Waals surface area contributed by atoms with Crippen molar-refractivity contribution in [2.45, 2.75) is 12.5 Å². The van der Waals surface area contributed by atoms with Gasteiger partial charge < -0.3 is 9.84 Å². The van der Waals surface area contributed by atoms with Gasteiger partial charge in [-0.3, -0.25) is 0 Å². The van der Waals surface area contributed by atoms with Gasteiger partial charge in [-0.25, -0.2) is 0 Å². The zero-order valence-electron chi connectivity index (χ0n) is 13.7. The predicted octanol–water partition coefficient (Wildman–Crippen LogP) is 4.53. The highest BCUT2D eigenvalue weighted by Crippen LogP contribution is 2.39. The van der Waals surface area contributed by atoms with Crippen LogP contribution in [-0.4, -0.2) is 18.3 Å². The molecule has 2 heteroatoms.